The fourth-order valence-electron chi connectivity index (χ4n) is 1.93. The molecule has 92 valence electrons. The third-order valence-corrected chi connectivity index (χ3v) is 3.16. The Bertz CT molecular complexity index is 525. The molecule has 2 nitrogen and oxygen atoms in total. The van der Waals surface area contributed by atoms with E-state index in [4.69, 9.17) is 0 Å². The van der Waals surface area contributed by atoms with Gasteiger partial charge in [-0.1, -0.05) is 12.2 Å². The number of aromatic nitrogens is 2. The molecule has 2 aromatic heterocycles. The standard InChI is InChI=1S/C15H15BrN2/c1-3-5-13-8-9-14(6-4-2)18(13)15-10-7-12(16)11-17-15/h3-4,7-11H,1-2,5-6H2. The monoisotopic (exact) mass is 302 g/mol. The Hall–Kier alpha value is -1.61. The van der Waals surface area contributed by atoms with Crippen molar-refractivity contribution in [1.29, 1.82) is 0 Å². The second-order valence-electron chi connectivity index (χ2n) is 3.97. The summed E-state index contributed by atoms with van der Waals surface area (Å²) in [5, 5.41) is 0. The van der Waals surface area contributed by atoms with Gasteiger partial charge in [-0.05, 0) is 40.2 Å². The molecule has 0 bridgehead atoms. The first kappa shape index (κ1) is 12.8. The Kier molecular flexibility index (Phi) is 4.15. The lowest BCUT2D eigenvalue weighted by Crippen LogP contribution is -2.05. The molecule has 0 unspecified atom stereocenters. The smallest absolute Gasteiger partial charge is 0.137 e. The molecule has 18 heavy (non-hydrogen) atoms. The van der Waals surface area contributed by atoms with Crippen LogP contribution in [0.5, 0.6) is 0 Å². The molecule has 2 aromatic rings. The molecule has 0 N–H and O–H groups in total. The molecule has 0 spiro atoms. The summed E-state index contributed by atoms with van der Waals surface area (Å²) >= 11 is 3.40. The molecule has 0 saturated carbocycles. The second-order valence-corrected chi connectivity index (χ2v) is 4.89. The zero-order valence-electron chi connectivity index (χ0n) is 10.1. The molecular weight excluding hydrogens is 288 g/mol. The van der Waals surface area contributed by atoms with Gasteiger partial charge in [0.25, 0.3) is 0 Å². The van der Waals surface area contributed by atoms with Crippen LogP contribution >= 0.6 is 15.9 Å². The minimum atomic E-state index is 0.828. The van der Waals surface area contributed by atoms with Crippen molar-refractivity contribution in [3.8, 4) is 5.82 Å². The predicted octanol–water partition coefficient (Wildman–Crippen LogP) is 4.09. The highest BCUT2D eigenvalue weighted by molar-refractivity contribution is 9.10. The maximum absolute atomic E-state index is 4.45. The van der Waals surface area contributed by atoms with Crippen molar-refractivity contribution in [3.05, 3.63) is 71.6 Å². The van der Waals surface area contributed by atoms with E-state index in [0.717, 1.165) is 23.1 Å². The second kappa shape index (κ2) is 5.83. The first-order valence-corrected chi connectivity index (χ1v) is 6.58. The van der Waals surface area contributed by atoms with Crippen LogP contribution in [0.1, 0.15) is 11.4 Å². The van der Waals surface area contributed by atoms with E-state index in [1.807, 2.05) is 30.5 Å². The van der Waals surface area contributed by atoms with Crippen LogP contribution in [0.2, 0.25) is 0 Å². The van der Waals surface area contributed by atoms with Crippen LogP contribution < -0.4 is 0 Å². The fourth-order valence-corrected chi connectivity index (χ4v) is 2.17. The third kappa shape index (κ3) is 2.62. The highest BCUT2D eigenvalue weighted by Gasteiger charge is 2.09. The average Bonchev–Trinajstić information content (AvgIpc) is 2.75. The molecule has 0 fully saturated rings. The summed E-state index contributed by atoms with van der Waals surface area (Å²) in [7, 11) is 0. The maximum Gasteiger partial charge on any atom is 0.137 e. The van der Waals surface area contributed by atoms with Gasteiger partial charge in [-0.3, -0.25) is 0 Å². The summed E-state index contributed by atoms with van der Waals surface area (Å²) in [5.74, 6) is 0.928. The minimum absolute atomic E-state index is 0.828. The topological polar surface area (TPSA) is 17.8 Å². The van der Waals surface area contributed by atoms with Gasteiger partial charge < -0.3 is 4.57 Å². The molecule has 0 amide bonds. The zero-order chi connectivity index (χ0) is 13.0. The molecule has 3 heteroatoms. The van der Waals surface area contributed by atoms with Crippen molar-refractivity contribution < 1.29 is 0 Å². The summed E-state index contributed by atoms with van der Waals surface area (Å²) in [4.78, 5) is 4.45. The Morgan fingerprint density at radius 1 is 1.06 bits per heavy atom. The summed E-state index contributed by atoms with van der Waals surface area (Å²) in [6.07, 6.45) is 7.28. The quantitative estimate of drug-likeness (QED) is 0.761. The number of allylic oxidation sites excluding steroid dienone is 2. The Morgan fingerprint density at radius 3 is 2.11 bits per heavy atom. The van der Waals surface area contributed by atoms with Gasteiger partial charge in [-0.15, -0.1) is 13.2 Å². The summed E-state index contributed by atoms with van der Waals surface area (Å²) in [6.45, 7) is 7.60. The van der Waals surface area contributed by atoms with Crippen LogP contribution in [0, 0.1) is 0 Å². The van der Waals surface area contributed by atoms with E-state index in [0.29, 0.717) is 0 Å². The van der Waals surface area contributed by atoms with Crippen molar-refractivity contribution in [2.24, 2.45) is 0 Å². The molecule has 2 rings (SSSR count). The number of hydrogen-bond donors (Lipinski definition) is 0. The van der Waals surface area contributed by atoms with Crippen LogP contribution in [-0.2, 0) is 12.8 Å². The largest absolute Gasteiger partial charge is 0.302 e. The lowest BCUT2D eigenvalue weighted by molar-refractivity contribution is 0.878. The molecule has 2 heterocycles. The summed E-state index contributed by atoms with van der Waals surface area (Å²) in [6, 6.07) is 8.23. The molecule has 0 aliphatic rings. The van der Waals surface area contributed by atoms with Gasteiger partial charge in [0.15, 0.2) is 0 Å². The molecule has 0 aliphatic heterocycles. The van der Waals surface area contributed by atoms with Gasteiger partial charge in [0.1, 0.15) is 5.82 Å². The van der Waals surface area contributed by atoms with Gasteiger partial charge in [0.05, 0.1) is 0 Å². The summed E-state index contributed by atoms with van der Waals surface area (Å²) in [5.41, 5.74) is 2.38. The highest BCUT2D eigenvalue weighted by Crippen LogP contribution is 2.19. The number of rotatable bonds is 5. The van der Waals surface area contributed by atoms with E-state index in [2.05, 4.69) is 50.8 Å². The van der Waals surface area contributed by atoms with Crippen molar-refractivity contribution >= 4 is 15.9 Å². The van der Waals surface area contributed by atoms with Gasteiger partial charge in [0.2, 0.25) is 0 Å². The van der Waals surface area contributed by atoms with Crippen LogP contribution in [0.3, 0.4) is 0 Å². The lowest BCUT2D eigenvalue weighted by Gasteiger charge is -2.11. The Balaban J connectivity index is 2.51. The normalized spacial score (nSPS) is 10.3. The van der Waals surface area contributed by atoms with E-state index in [1.165, 1.54) is 11.4 Å². The van der Waals surface area contributed by atoms with Gasteiger partial charge in [-0.2, -0.15) is 0 Å². The van der Waals surface area contributed by atoms with Crippen molar-refractivity contribution in [3.63, 3.8) is 0 Å². The molecular formula is C15H15BrN2. The van der Waals surface area contributed by atoms with Gasteiger partial charge in [-0.25, -0.2) is 4.98 Å². The highest BCUT2D eigenvalue weighted by atomic mass is 79.9. The Morgan fingerprint density at radius 2 is 1.67 bits per heavy atom. The lowest BCUT2D eigenvalue weighted by atomic mass is 10.3. The molecule has 0 aliphatic carbocycles. The predicted molar refractivity (Wildman–Crippen MR) is 79.1 cm³/mol. The number of pyridine rings is 1. The van der Waals surface area contributed by atoms with E-state index >= 15 is 0 Å². The number of halogens is 1. The first-order valence-electron chi connectivity index (χ1n) is 5.79. The van der Waals surface area contributed by atoms with Crippen LogP contribution in [-0.4, -0.2) is 9.55 Å². The SMILES string of the molecule is C=CCc1ccc(CC=C)n1-c1ccc(Br)cn1. The molecule has 0 atom stereocenters. The zero-order valence-corrected chi connectivity index (χ0v) is 11.7. The van der Waals surface area contributed by atoms with E-state index in [9.17, 15) is 0 Å². The van der Waals surface area contributed by atoms with Crippen LogP contribution in [0.4, 0.5) is 0 Å². The van der Waals surface area contributed by atoms with Crippen LogP contribution in [0.15, 0.2) is 60.2 Å². The van der Waals surface area contributed by atoms with Gasteiger partial charge in [0, 0.05) is 34.9 Å². The van der Waals surface area contributed by atoms with E-state index < -0.39 is 0 Å². The fraction of sp³-hybridized carbons (Fsp3) is 0.133. The minimum Gasteiger partial charge on any atom is -0.302 e. The molecule has 0 aromatic carbocycles. The molecule has 0 radical (unpaired) electrons. The summed E-state index contributed by atoms with van der Waals surface area (Å²) < 4.78 is 3.14. The van der Waals surface area contributed by atoms with E-state index in [1.54, 1.807) is 0 Å². The van der Waals surface area contributed by atoms with Crippen molar-refractivity contribution in [1.82, 2.24) is 9.55 Å². The van der Waals surface area contributed by atoms with Crippen molar-refractivity contribution in [2.45, 2.75) is 12.8 Å². The van der Waals surface area contributed by atoms with Crippen LogP contribution in [0.25, 0.3) is 5.82 Å². The maximum atomic E-state index is 4.45. The number of hydrogen-bond acceptors (Lipinski definition) is 1. The molecule has 0 saturated heterocycles. The third-order valence-electron chi connectivity index (χ3n) is 2.69. The first-order chi connectivity index (χ1) is 8.76. The average molecular weight is 303 g/mol. The number of nitrogens with zero attached hydrogens (tertiary/aromatic N) is 2. The van der Waals surface area contributed by atoms with Gasteiger partial charge >= 0.3 is 0 Å². The van der Waals surface area contributed by atoms with Crippen molar-refractivity contribution in [2.75, 3.05) is 0 Å². The Labute approximate surface area is 116 Å². The van der Waals surface area contributed by atoms with E-state index in [-0.39, 0.29) is 0 Å².